The van der Waals surface area contributed by atoms with E-state index < -0.39 is 18.5 Å². The van der Waals surface area contributed by atoms with Crippen molar-refractivity contribution in [1.82, 2.24) is 5.32 Å². The summed E-state index contributed by atoms with van der Waals surface area (Å²) in [5.74, 6) is -0.762. The molecule has 2 N–H and O–H groups in total. The Labute approximate surface area is 145 Å². The Morgan fingerprint density at radius 2 is 1.84 bits per heavy atom. The Balaban J connectivity index is 1.86. The number of carbonyl (C=O) groups is 2. The highest BCUT2D eigenvalue weighted by atomic mass is 16.5. The van der Waals surface area contributed by atoms with Gasteiger partial charge in [0.2, 0.25) is 0 Å². The molecule has 2 aromatic carbocycles. The zero-order valence-electron chi connectivity index (χ0n) is 13.9. The molecule has 0 saturated carbocycles. The van der Waals surface area contributed by atoms with E-state index in [4.69, 9.17) is 14.2 Å². The van der Waals surface area contributed by atoms with Crippen LogP contribution >= 0.6 is 0 Å². The smallest absolute Gasteiger partial charge is 0.342 e. The number of ether oxygens (including phenoxy) is 3. The van der Waals surface area contributed by atoms with Crippen LogP contribution in [-0.4, -0.2) is 37.8 Å². The van der Waals surface area contributed by atoms with Gasteiger partial charge in [0.05, 0.1) is 14.2 Å². The van der Waals surface area contributed by atoms with Gasteiger partial charge in [0.1, 0.15) is 11.3 Å². The standard InChI is InChI=1S/C18H19NO6/c1-23-13-6-3-5-12(9-13)10-19-16(20)11-25-18(22)14-7-4-8-15(24-2)17(14)21/h3-9,21H,10-11H2,1-2H3,(H,19,20). The Morgan fingerprint density at radius 1 is 1.08 bits per heavy atom. The van der Waals surface area contributed by atoms with E-state index in [2.05, 4.69) is 5.32 Å². The third kappa shape index (κ3) is 4.87. The summed E-state index contributed by atoms with van der Waals surface area (Å²) in [6.07, 6.45) is 0. The average molecular weight is 345 g/mol. The lowest BCUT2D eigenvalue weighted by Crippen LogP contribution is -2.28. The van der Waals surface area contributed by atoms with Gasteiger partial charge in [-0.3, -0.25) is 4.79 Å². The predicted molar refractivity (Wildman–Crippen MR) is 89.8 cm³/mol. The number of carbonyl (C=O) groups excluding carboxylic acids is 2. The first-order valence-electron chi connectivity index (χ1n) is 7.48. The minimum Gasteiger partial charge on any atom is -0.504 e. The highest BCUT2D eigenvalue weighted by Crippen LogP contribution is 2.29. The van der Waals surface area contributed by atoms with E-state index in [9.17, 15) is 14.7 Å². The molecular weight excluding hydrogens is 326 g/mol. The molecule has 0 bridgehead atoms. The molecule has 0 aliphatic heterocycles. The monoisotopic (exact) mass is 345 g/mol. The number of phenols is 1. The molecule has 25 heavy (non-hydrogen) atoms. The lowest BCUT2D eigenvalue weighted by molar-refractivity contribution is -0.124. The molecule has 0 fully saturated rings. The zero-order chi connectivity index (χ0) is 18.2. The topological polar surface area (TPSA) is 94.1 Å². The van der Waals surface area contributed by atoms with Crippen LogP contribution in [0.2, 0.25) is 0 Å². The summed E-state index contributed by atoms with van der Waals surface area (Å²) >= 11 is 0. The minimum atomic E-state index is -0.812. The van der Waals surface area contributed by atoms with Crippen LogP contribution in [0.15, 0.2) is 42.5 Å². The van der Waals surface area contributed by atoms with Crippen LogP contribution in [0.4, 0.5) is 0 Å². The average Bonchev–Trinajstić information content (AvgIpc) is 2.64. The van der Waals surface area contributed by atoms with Gasteiger partial charge in [0.25, 0.3) is 5.91 Å². The molecule has 0 unspecified atom stereocenters. The Hall–Kier alpha value is -3.22. The molecule has 0 atom stereocenters. The first kappa shape index (κ1) is 18.1. The van der Waals surface area contributed by atoms with Gasteiger partial charge in [0, 0.05) is 6.54 Å². The molecule has 0 saturated heterocycles. The summed E-state index contributed by atoms with van der Waals surface area (Å²) in [5, 5.41) is 12.5. The van der Waals surface area contributed by atoms with Crippen molar-refractivity contribution >= 4 is 11.9 Å². The van der Waals surface area contributed by atoms with E-state index in [1.165, 1.54) is 25.3 Å². The number of esters is 1. The largest absolute Gasteiger partial charge is 0.504 e. The van der Waals surface area contributed by atoms with Gasteiger partial charge in [-0.2, -0.15) is 0 Å². The first-order valence-corrected chi connectivity index (χ1v) is 7.48. The molecule has 0 aromatic heterocycles. The Morgan fingerprint density at radius 3 is 2.56 bits per heavy atom. The van der Waals surface area contributed by atoms with Gasteiger partial charge in [0.15, 0.2) is 18.1 Å². The maximum Gasteiger partial charge on any atom is 0.342 e. The molecule has 7 nitrogen and oxygen atoms in total. The van der Waals surface area contributed by atoms with E-state index in [0.29, 0.717) is 5.75 Å². The molecule has 7 heteroatoms. The van der Waals surface area contributed by atoms with Gasteiger partial charge in [-0.05, 0) is 29.8 Å². The number of aromatic hydroxyl groups is 1. The summed E-state index contributed by atoms with van der Waals surface area (Å²) in [5.41, 5.74) is 0.782. The Kier molecular flexibility index (Phi) is 6.22. The SMILES string of the molecule is COc1cccc(CNC(=O)COC(=O)c2cccc(OC)c2O)c1. The highest BCUT2D eigenvalue weighted by Gasteiger charge is 2.17. The maximum absolute atomic E-state index is 12.0. The van der Waals surface area contributed by atoms with Crippen molar-refractivity contribution in [1.29, 1.82) is 0 Å². The summed E-state index contributed by atoms with van der Waals surface area (Å²) < 4.78 is 14.9. The van der Waals surface area contributed by atoms with Crippen LogP contribution in [0.25, 0.3) is 0 Å². The summed E-state index contributed by atoms with van der Waals surface area (Å²) in [6.45, 7) is -0.183. The molecular formula is C18H19NO6. The number of hydrogen-bond acceptors (Lipinski definition) is 6. The van der Waals surface area contributed by atoms with E-state index in [1.807, 2.05) is 12.1 Å². The number of methoxy groups -OCH3 is 2. The molecule has 0 spiro atoms. The van der Waals surface area contributed by atoms with E-state index in [0.717, 1.165) is 5.56 Å². The number of nitrogens with one attached hydrogen (secondary N) is 1. The van der Waals surface area contributed by atoms with Crippen molar-refractivity contribution < 1.29 is 28.9 Å². The number of hydrogen-bond donors (Lipinski definition) is 2. The Bertz CT molecular complexity index is 759. The fourth-order valence-corrected chi connectivity index (χ4v) is 2.09. The van der Waals surface area contributed by atoms with Crippen LogP contribution in [0.3, 0.4) is 0 Å². The number of phenolic OH excluding ortho intramolecular Hbond substituents is 1. The van der Waals surface area contributed by atoms with Gasteiger partial charge < -0.3 is 24.6 Å². The minimum absolute atomic E-state index is 0.0695. The molecule has 0 heterocycles. The van der Waals surface area contributed by atoms with Crippen LogP contribution in [-0.2, 0) is 16.1 Å². The van der Waals surface area contributed by atoms with Crippen molar-refractivity contribution in [2.24, 2.45) is 0 Å². The molecule has 1 amide bonds. The molecule has 132 valence electrons. The van der Waals surface area contributed by atoms with Crippen molar-refractivity contribution in [2.45, 2.75) is 6.54 Å². The fraction of sp³-hybridized carbons (Fsp3) is 0.222. The molecule has 0 aliphatic carbocycles. The van der Waals surface area contributed by atoms with Gasteiger partial charge in [-0.1, -0.05) is 18.2 Å². The number of para-hydroxylation sites is 1. The third-order valence-electron chi connectivity index (χ3n) is 3.40. The van der Waals surface area contributed by atoms with Crippen molar-refractivity contribution in [2.75, 3.05) is 20.8 Å². The quantitative estimate of drug-likeness (QED) is 0.744. The lowest BCUT2D eigenvalue weighted by atomic mass is 10.2. The molecule has 0 aliphatic rings. The summed E-state index contributed by atoms with van der Waals surface area (Å²) in [7, 11) is 2.93. The number of rotatable bonds is 7. The third-order valence-corrected chi connectivity index (χ3v) is 3.40. The van der Waals surface area contributed by atoms with Crippen molar-refractivity contribution in [3.63, 3.8) is 0 Å². The second-order valence-corrected chi connectivity index (χ2v) is 5.06. The fourth-order valence-electron chi connectivity index (χ4n) is 2.09. The van der Waals surface area contributed by atoms with Gasteiger partial charge in [-0.15, -0.1) is 0 Å². The predicted octanol–water partition coefficient (Wildman–Crippen LogP) is 1.88. The van der Waals surface area contributed by atoms with Crippen LogP contribution in [0.5, 0.6) is 17.2 Å². The number of amides is 1. The van der Waals surface area contributed by atoms with E-state index >= 15 is 0 Å². The second-order valence-electron chi connectivity index (χ2n) is 5.06. The lowest BCUT2D eigenvalue weighted by Gasteiger charge is -2.09. The summed E-state index contributed by atoms with van der Waals surface area (Å²) in [4.78, 5) is 23.8. The van der Waals surface area contributed by atoms with Crippen LogP contribution < -0.4 is 14.8 Å². The summed E-state index contributed by atoms with van der Waals surface area (Å²) in [6, 6.07) is 11.7. The van der Waals surface area contributed by atoms with E-state index in [1.54, 1.807) is 19.2 Å². The maximum atomic E-state index is 12.0. The zero-order valence-corrected chi connectivity index (χ0v) is 13.9. The van der Waals surface area contributed by atoms with Gasteiger partial charge >= 0.3 is 5.97 Å². The second kappa shape index (κ2) is 8.58. The van der Waals surface area contributed by atoms with Gasteiger partial charge in [-0.25, -0.2) is 4.79 Å². The van der Waals surface area contributed by atoms with Crippen LogP contribution in [0.1, 0.15) is 15.9 Å². The van der Waals surface area contributed by atoms with Crippen molar-refractivity contribution in [3.8, 4) is 17.2 Å². The molecule has 0 radical (unpaired) electrons. The van der Waals surface area contributed by atoms with Crippen LogP contribution in [0, 0.1) is 0 Å². The first-order chi connectivity index (χ1) is 12.0. The highest BCUT2D eigenvalue weighted by molar-refractivity contribution is 5.94. The molecule has 2 rings (SSSR count). The normalized spacial score (nSPS) is 10.0. The number of benzene rings is 2. The van der Waals surface area contributed by atoms with Crippen molar-refractivity contribution in [3.05, 3.63) is 53.6 Å². The molecule has 2 aromatic rings. The van der Waals surface area contributed by atoms with E-state index in [-0.39, 0.29) is 23.6 Å².